The molecular formula is C20H21FN4O3S. The molecule has 0 radical (unpaired) electrons. The van der Waals surface area contributed by atoms with Gasteiger partial charge in [0.2, 0.25) is 5.91 Å². The van der Waals surface area contributed by atoms with Gasteiger partial charge >= 0.3 is 0 Å². The molecule has 1 N–H and O–H groups in total. The lowest BCUT2D eigenvalue weighted by atomic mass is 10.2. The average molecular weight is 416 g/mol. The zero-order valence-corrected chi connectivity index (χ0v) is 17.1. The summed E-state index contributed by atoms with van der Waals surface area (Å²) in [6.45, 7) is 4.39. The molecule has 0 unspecified atom stereocenters. The number of aromatic nitrogens is 3. The van der Waals surface area contributed by atoms with Crippen LogP contribution in [-0.2, 0) is 21.5 Å². The lowest BCUT2D eigenvalue weighted by Crippen LogP contribution is -2.29. The van der Waals surface area contributed by atoms with Crippen molar-refractivity contribution in [3.63, 3.8) is 0 Å². The molecule has 3 rings (SSSR count). The van der Waals surface area contributed by atoms with Gasteiger partial charge in [-0.25, -0.2) is 22.5 Å². The minimum atomic E-state index is -3.96. The molecule has 7 nitrogen and oxygen atoms in total. The maximum atomic E-state index is 13.8. The summed E-state index contributed by atoms with van der Waals surface area (Å²) in [5.74, 6) is -0.0657. The Morgan fingerprint density at radius 3 is 2.41 bits per heavy atom. The van der Waals surface area contributed by atoms with Crippen LogP contribution in [0.15, 0.2) is 47.5 Å². The van der Waals surface area contributed by atoms with Crippen LogP contribution in [0.3, 0.4) is 0 Å². The predicted octanol–water partition coefficient (Wildman–Crippen LogP) is 3.24. The standard InChI is InChI=1S/C20H21FN4O3S/c1-4-19(26)24-29(27,28)16-9-7-15(8-10-16)25-18(12-21)14(3)23-20(25)17-6-5-11-22-13(17)2/h5-11H,4,12H2,1-3H3,(H,24,26). The van der Waals surface area contributed by atoms with Gasteiger partial charge in [-0.3, -0.25) is 14.3 Å². The lowest BCUT2D eigenvalue weighted by molar-refractivity contribution is -0.119. The first-order chi connectivity index (χ1) is 13.8. The summed E-state index contributed by atoms with van der Waals surface area (Å²) >= 11 is 0. The molecule has 0 fully saturated rings. The van der Waals surface area contributed by atoms with E-state index in [-0.39, 0.29) is 11.3 Å². The highest BCUT2D eigenvalue weighted by atomic mass is 32.2. The van der Waals surface area contributed by atoms with E-state index in [1.165, 1.54) is 12.1 Å². The highest BCUT2D eigenvalue weighted by Gasteiger charge is 2.21. The summed E-state index contributed by atoms with van der Waals surface area (Å²) in [6.07, 6.45) is 1.72. The number of benzene rings is 1. The minimum Gasteiger partial charge on any atom is -0.294 e. The molecular weight excluding hydrogens is 395 g/mol. The smallest absolute Gasteiger partial charge is 0.264 e. The van der Waals surface area contributed by atoms with Gasteiger partial charge in [0.05, 0.1) is 16.3 Å². The van der Waals surface area contributed by atoms with Crippen LogP contribution in [0.1, 0.15) is 30.4 Å². The van der Waals surface area contributed by atoms with Gasteiger partial charge in [0.1, 0.15) is 12.5 Å². The van der Waals surface area contributed by atoms with Gasteiger partial charge in [-0.15, -0.1) is 0 Å². The maximum absolute atomic E-state index is 13.8. The number of hydrogen-bond donors (Lipinski definition) is 1. The van der Waals surface area contributed by atoms with E-state index in [4.69, 9.17) is 0 Å². The molecule has 0 aliphatic rings. The molecule has 2 aromatic heterocycles. The molecule has 0 bridgehead atoms. The van der Waals surface area contributed by atoms with E-state index in [1.807, 2.05) is 17.7 Å². The third-order valence-electron chi connectivity index (χ3n) is 4.52. The van der Waals surface area contributed by atoms with E-state index < -0.39 is 22.6 Å². The van der Waals surface area contributed by atoms with Gasteiger partial charge in [-0.2, -0.15) is 0 Å². The summed E-state index contributed by atoms with van der Waals surface area (Å²) in [5, 5.41) is 0. The molecule has 0 aliphatic carbocycles. The lowest BCUT2D eigenvalue weighted by Gasteiger charge is -2.13. The van der Waals surface area contributed by atoms with Crippen LogP contribution < -0.4 is 4.72 Å². The van der Waals surface area contributed by atoms with Crippen LogP contribution in [0.25, 0.3) is 17.1 Å². The van der Waals surface area contributed by atoms with Crippen molar-refractivity contribution in [2.45, 2.75) is 38.8 Å². The number of imidazole rings is 1. The second-order valence-corrected chi connectivity index (χ2v) is 8.13. The van der Waals surface area contributed by atoms with Gasteiger partial charge in [0, 0.05) is 29.6 Å². The van der Waals surface area contributed by atoms with Crippen LogP contribution in [-0.4, -0.2) is 28.9 Å². The third kappa shape index (κ3) is 4.04. The number of nitrogens with one attached hydrogen (secondary N) is 1. The average Bonchev–Trinajstić information content (AvgIpc) is 3.04. The molecule has 3 aromatic rings. The Morgan fingerprint density at radius 1 is 1.14 bits per heavy atom. The van der Waals surface area contributed by atoms with E-state index in [0.717, 1.165) is 11.3 Å². The summed E-state index contributed by atoms with van der Waals surface area (Å²) < 4.78 is 42.0. The van der Waals surface area contributed by atoms with Crippen LogP contribution in [0.5, 0.6) is 0 Å². The zero-order chi connectivity index (χ0) is 21.2. The number of amides is 1. The maximum Gasteiger partial charge on any atom is 0.264 e. The minimum absolute atomic E-state index is 0.0548. The molecule has 1 aromatic carbocycles. The van der Waals surface area contributed by atoms with E-state index in [0.29, 0.717) is 22.9 Å². The first-order valence-electron chi connectivity index (χ1n) is 9.00. The quantitative estimate of drug-likeness (QED) is 0.666. The molecule has 0 spiro atoms. The Hall–Kier alpha value is -3.07. The van der Waals surface area contributed by atoms with E-state index >= 15 is 0 Å². The fraction of sp³-hybridized carbons (Fsp3) is 0.250. The number of nitrogens with zero attached hydrogens (tertiary/aromatic N) is 3. The Bertz CT molecular complexity index is 1150. The van der Waals surface area contributed by atoms with Gasteiger partial charge in [-0.05, 0) is 50.2 Å². The topological polar surface area (TPSA) is 94.0 Å². The van der Waals surface area contributed by atoms with E-state index in [2.05, 4.69) is 9.97 Å². The van der Waals surface area contributed by atoms with Gasteiger partial charge in [0.15, 0.2) is 0 Å². The van der Waals surface area contributed by atoms with Crippen molar-refractivity contribution < 1.29 is 17.6 Å². The monoisotopic (exact) mass is 416 g/mol. The van der Waals surface area contributed by atoms with E-state index in [1.54, 1.807) is 42.8 Å². The van der Waals surface area contributed by atoms with Crippen LogP contribution in [0.2, 0.25) is 0 Å². The Kier molecular flexibility index (Phi) is 5.78. The van der Waals surface area contributed by atoms with Crippen molar-refractivity contribution in [2.24, 2.45) is 0 Å². The first kappa shape index (κ1) is 20.7. The number of carbonyl (C=O) groups excluding carboxylic acids is 1. The molecule has 152 valence electrons. The van der Waals surface area contributed by atoms with Crippen molar-refractivity contribution in [1.29, 1.82) is 0 Å². The second kappa shape index (κ2) is 8.12. The number of halogens is 1. The predicted molar refractivity (Wildman–Crippen MR) is 107 cm³/mol. The highest BCUT2D eigenvalue weighted by Crippen LogP contribution is 2.29. The van der Waals surface area contributed by atoms with Gasteiger partial charge < -0.3 is 0 Å². The van der Waals surface area contributed by atoms with Crippen LogP contribution in [0.4, 0.5) is 4.39 Å². The van der Waals surface area contributed by atoms with Crippen LogP contribution in [0, 0.1) is 13.8 Å². The van der Waals surface area contributed by atoms with E-state index in [9.17, 15) is 17.6 Å². The number of carbonyl (C=O) groups is 1. The number of alkyl halides is 1. The SMILES string of the molecule is CCC(=O)NS(=O)(=O)c1ccc(-n2c(-c3cccnc3C)nc(C)c2CF)cc1. The zero-order valence-electron chi connectivity index (χ0n) is 16.3. The molecule has 0 atom stereocenters. The normalized spacial score (nSPS) is 11.4. The number of aryl methyl sites for hydroxylation is 2. The fourth-order valence-corrected chi connectivity index (χ4v) is 4.01. The molecule has 9 heteroatoms. The molecule has 0 saturated heterocycles. The molecule has 2 heterocycles. The van der Waals surface area contributed by atoms with Crippen LogP contribution >= 0.6 is 0 Å². The van der Waals surface area contributed by atoms with Crippen molar-refractivity contribution in [2.75, 3.05) is 0 Å². The largest absolute Gasteiger partial charge is 0.294 e. The van der Waals surface area contributed by atoms with Gasteiger partial charge in [-0.1, -0.05) is 6.92 Å². The number of hydrogen-bond acceptors (Lipinski definition) is 5. The van der Waals surface area contributed by atoms with Crippen molar-refractivity contribution in [3.8, 4) is 17.1 Å². The van der Waals surface area contributed by atoms with Crippen molar-refractivity contribution in [1.82, 2.24) is 19.3 Å². The Morgan fingerprint density at radius 2 is 1.83 bits per heavy atom. The summed E-state index contributed by atoms with van der Waals surface area (Å²) in [4.78, 5) is 20.2. The van der Waals surface area contributed by atoms with Gasteiger partial charge in [0.25, 0.3) is 10.0 Å². The van der Waals surface area contributed by atoms with Crippen molar-refractivity contribution in [3.05, 3.63) is 59.7 Å². The summed E-state index contributed by atoms with van der Waals surface area (Å²) in [6, 6.07) is 9.48. The summed E-state index contributed by atoms with van der Waals surface area (Å²) in [5.41, 5.74) is 2.96. The number of rotatable bonds is 6. The number of sulfonamides is 1. The molecule has 29 heavy (non-hydrogen) atoms. The Balaban J connectivity index is 2.10. The fourth-order valence-electron chi connectivity index (χ4n) is 2.95. The molecule has 1 amide bonds. The van der Waals surface area contributed by atoms with Crippen molar-refractivity contribution >= 4 is 15.9 Å². The summed E-state index contributed by atoms with van der Waals surface area (Å²) in [7, 11) is -3.96. The molecule has 0 saturated carbocycles. The highest BCUT2D eigenvalue weighted by molar-refractivity contribution is 7.90. The molecule has 0 aliphatic heterocycles. The third-order valence-corrected chi connectivity index (χ3v) is 5.91. The first-order valence-corrected chi connectivity index (χ1v) is 10.5. The number of pyridine rings is 1. The second-order valence-electron chi connectivity index (χ2n) is 6.45. The Labute approximate surface area is 168 Å².